The monoisotopic (exact) mass is 558 g/mol. The topological polar surface area (TPSA) is 128 Å². The highest BCUT2D eigenvalue weighted by molar-refractivity contribution is 5.99. The minimum Gasteiger partial charge on any atom is -0.491 e. The van der Waals surface area contributed by atoms with Crippen LogP contribution in [0.1, 0.15) is 55.6 Å². The molecule has 1 aromatic heterocycles. The van der Waals surface area contributed by atoms with Crippen molar-refractivity contribution in [2.75, 3.05) is 40.0 Å². The molecule has 1 aromatic carbocycles. The summed E-state index contributed by atoms with van der Waals surface area (Å²) in [6.07, 6.45) is 5.18. The zero-order valence-electron chi connectivity index (χ0n) is 23.5. The molecule has 0 radical (unpaired) electrons. The van der Waals surface area contributed by atoms with Crippen LogP contribution in [0.4, 0.5) is 4.39 Å². The molecule has 1 aliphatic heterocycles. The van der Waals surface area contributed by atoms with E-state index in [0.29, 0.717) is 39.1 Å². The molecule has 218 valence electrons. The van der Waals surface area contributed by atoms with Crippen LogP contribution >= 0.6 is 0 Å². The maximum atomic E-state index is 14.1. The van der Waals surface area contributed by atoms with Crippen LogP contribution in [0.15, 0.2) is 24.4 Å². The predicted octanol–water partition coefficient (Wildman–Crippen LogP) is 1.96. The first-order chi connectivity index (χ1) is 19.2. The number of aromatic nitrogens is 3. The van der Waals surface area contributed by atoms with Gasteiger partial charge in [0.15, 0.2) is 0 Å². The van der Waals surface area contributed by atoms with Crippen LogP contribution in [-0.2, 0) is 27.3 Å². The van der Waals surface area contributed by atoms with Crippen molar-refractivity contribution in [3.05, 3.63) is 41.5 Å². The fraction of sp³-hybridized carbons (Fsp3) is 0.607. The van der Waals surface area contributed by atoms with Crippen LogP contribution in [-0.4, -0.2) is 83.6 Å². The number of nitrogens with zero attached hydrogens (tertiary/aromatic N) is 4. The first kappa shape index (κ1) is 29.4. The van der Waals surface area contributed by atoms with Gasteiger partial charge in [0.1, 0.15) is 24.2 Å². The summed E-state index contributed by atoms with van der Waals surface area (Å²) in [4.78, 5) is 41.8. The first-order valence-electron chi connectivity index (χ1n) is 13.9. The number of carbonyl (C=O) groups is 3. The molecule has 1 atom stereocenters. The molecule has 2 heterocycles. The third-order valence-electron chi connectivity index (χ3n) is 7.47. The largest absolute Gasteiger partial charge is 0.491 e. The van der Waals surface area contributed by atoms with Gasteiger partial charge >= 0.3 is 0 Å². The number of amides is 3. The van der Waals surface area contributed by atoms with Crippen molar-refractivity contribution < 1.29 is 28.2 Å². The fourth-order valence-electron chi connectivity index (χ4n) is 5.19. The molecule has 40 heavy (non-hydrogen) atoms. The number of hydrogen-bond acceptors (Lipinski definition) is 7. The second kappa shape index (κ2) is 13.2. The van der Waals surface area contributed by atoms with Crippen LogP contribution in [0.2, 0.25) is 0 Å². The van der Waals surface area contributed by atoms with Crippen molar-refractivity contribution in [2.45, 2.75) is 58.5 Å². The maximum Gasteiger partial charge on any atom is 0.255 e. The van der Waals surface area contributed by atoms with Crippen molar-refractivity contribution in [3.63, 3.8) is 0 Å². The Balaban J connectivity index is 1.58. The molecule has 4 rings (SSSR count). The Morgan fingerprint density at radius 2 is 2.05 bits per heavy atom. The Morgan fingerprint density at radius 3 is 2.75 bits per heavy atom. The van der Waals surface area contributed by atoms with Gasteiger partial charge in [0.25, 0.3) is 5.91 Å². The second-order valence-corrected chi connectivity index (χ2v) is 11.0. The normalized spacial score (nSPS) is 20.3. The van der Waals surface area contributed by atoms with E-state index in [-0.39, 0.29) is 42.2 Å². The van der Waals surface area contributed by atoms with E-state index in [1.165, 1.54) is 12.1 Å². The number of ether oxygens (including phenoxy) is 2. The molecule has 12 heteroatoms. The van der Waals surface area contributed by atoms with Crippen LogP contribution in [0, 0.1) is 17.2 Å². The third-order valence-corrected chi connectivity index (χ3v) is 7.47. The minimum atomic E-state index is -0.845. The van der Waals surface area contributed by atoms with Crippen molar-refractivity contribution >= 4 is 17.7 Å². The van der Waals surface area contributed by atoms with E-state index in [0.717, 1.165) is 31.0 Å². The van der Waals surface area contributed by atoms with Crippen molar-refractivity contribution in [2.24, 2.45) is 11.3 Å². The highest BCUT2D eigenvalue weighted by Gasteiger charge is 2.46. The quantitative estimate of drug-likeness (QED) is 0.574. The average molecular weight is 559 g/mol. The van der Waals surface area contributed by atoms with Gasteiger partial charge in [-0.05, 0) is 43.4 Å². The van der Waals surface area contributed by atoms with Crippen LogP contribution in [0.3, 0.4) is 0 Å². The molecule has 2 aromatic rings. The Labute approximate surface area is 233 Å². The zero-order chi connectivity index (χ0) is 28.7. The number of hydrogen-bond donors (Lipinski definition) is 2. The van der Waals surface area contributed by atoms with Gasteiger partial charge in [0.05, 0.1) is 29.8 Å². The number of fused-ring (bicyclic) bond motifs is 3. The van der Waals surface area contributed by atoms with Crippen molar-refractivity contribution in [1.82, 2.24) is 30.5 Å². The Kier molecular flexibility index (Phi) is 9.72. The average Bonchev–Trinajstić information content (AvgIpc) is 3.34. The molecule has 2 bridgehead atoms. The van der Waals surface area contributed by atoms with Gasteiger partial charge in [0.2, 0.25) is 11.8 Å². The van der Waals surface area contributed by atoms with Gasteiger partial charge in [0, 0.05) is 39.4 Å². The molecule has 1 fully saturated rings. The predicted molar refractivity (Wildman–Crippen MR) is 144 cm³/mol. The minimum absolute atomic E-state index is 0.00247. The van der Waals surface area contributed by atoms with Gasteiger partial charge in [-0.15, -0.1) is 5.10 Å². The van der Waals surface area contributed by atoms with E-state index in [1.807, 2.05) is 13.8 Å². The standard InChI is InChI=1S/C28H39FN6O5/c1-19(2)15-23-26(37)30-10-12-34(27(38)28(18-39-3)8-4-9-28)11-7-21-17-35(33-32-21)13-14-40-24-6-5-20(29)16-22(24)25(36)31-23/h5-6,16-17,19,23H,4,7-15,18H2,1-3H3,(H,30,37)(H,31,36)/t23-/m1/s1. The van der Waals surface area contributed by atoms with Gasteiger partial charge in [-0.3, -0.25) is 14.4 Å². The Bertz CT molecular complexity index is 1200. The Morgan fingerprint density at radius 1 is 1.25 bits per heavy atom. The summed E-state index contributed by atoms with van der Waals surface area (Å²) >= 11 is 0. The molecule has 1 saturated carbocycles. The highest BCUT2D eigenvalue weighted by Crippen LogP contribution is 2.42. The summed E-state index contributed by atoms with van der Waals surface area (Å²) in [6, 6.07) is 2.87. The number of carbonyl (C=O) groups excluding carboxylic acids is 3. The first-order valence-corrected chi connectivity index (χ1v) is 13.9. The fourth-order valence-corrected chi connectivity index (χ4v) is 5.19. The molecule has 11 nitrogen and oxygen atoms in total. The summed E-state index contributed by atoms with van der Waals surface area (Å²) < 4.78 is 26.9. The van der Waals surface area contributed by atoms with Gasteiger partial charge in [-0.2, -0.15) is 0 Å². The van der Waals surface area contributed by atoms with E-state index in [1.54, 1.807) is 22.9 Å². The van der Waals surface area contributed by atoms with Crippen molar-refractivity contribution in [1.29, 1.82) is 0 Å². The lowest BCUT2D eigenvalue weighted by atomic mass is 9.68. The van der Waals surface area contributed by atoms with Gasteiger partial charge in [-0.25, -0.2) is 9.07 Å². The van der Waals surface area contributed by atoms with E-state index < -0.39 is 23.2 Å². The zero-order valence-corrected chi connectivity index (χ0v) is 23.5. The third kappa shape index (κ3) is 7.15. The van der Waals surface area contributed by atoms with Crippen LogP contribution in [0.5, 0.6) is 5.75 Å². The van der Waals surface area contributed by atoms with Gasteiger partial charge < -0.3 is 25.0 Å². The molecular formula is C28H39FN6O5. The molecule has 1 aliphatic carbocycles. The molecule has 0 saturated heterocycles. The van der Waals surface area contributed by atoms with Crippen LogP contribution < -0.4 is 15.4 Å². The van der Waals surface area contributed by atoms with E-state index >= 15 is 0 Å². The number of rotatable bonds is 5. The van der Waals surface area contributed by atoms with E-state index in [4.69, 9.17) is 9.47 Å². The highest BCUT2D eigenvalue weighted by atomic mass is 19.1. The summed E-state index contributed by atoms with van der Waals surface area (Å²) in [7, 11) is 1.60. The molecule has 0 spiro atoms. The summed E-state index contributed by atoms with van der Waals surface area (Å²) in [5, 5.41) is 14.0. The SMILES string of the molecule is COCC1(C(=O)N2CCNC(=O)[C@@H](CC(C)C)NC(=O)c3cc(F)ccc3OCCn3cc(nn3)CC2)CCC1. The lowest BCUT2D eigenvalue weighted by Crippen LogP contribution is -2.53. The number of halogens is 1. The molecule has 3 amide bonds. The summed E-state index contributed by atoms with van der Waals surface area (Å²) in [6.45, 7) is 5.69. The van der Waals surface area contributed by atoms with Crippen LogP contribution in [0.25, 0.3) is 0 Å². The van der Waals surface area contributed by atoms with E-state index in [2.05, 4.69) is 20.9 Å². The lowest BCUT2D eigenvalue weighted by molar-refractivity contribution is -0.152. The second-order valence-electron chi connectivity index (χ2n) is 11.0. The smallest absolute Gasteiger partial charge is 0.255 e. The van der Waals surface area contributed by atoms with Gasteiger partial charge in [-0.1, -0.05) is 25.5 Å². The lowest BCUT2D eigenvalue weighted by Gasteiger charge is -2.43. The molecular weight excluding hydrogens is 519 g/mol. The summed E-state index contributed by atoms with van der Waals surface area (Å²) in [5.74, 6) is -1.24. The maximum absolute atomic E-state index is 14.1. The molecule has 2 aliphatic rings. The molecule has 0 unspecified atom stereocenters. The number of benzene rings is 1. The molecule has 2 N–H and O–H groups in total. The summed E-state index contributed by atoms with van der Waals surface area (Å²) in [5.41, 5.74) is 0.181. The van der Waals surface area contributed by atoms with E-state index in [9.17, 15) is 18.8 Å². The van der Waals surface area contributed by atoms with Crippen molar-refractivity contribution in [3.8, 4) is 5.75 Å². The number of nitrogens with one attached hydrogen (secondary N) is 2. The number of methoxy groups -OCH3 is 1. The Hall–Kier alpha value is -3.54.